The maximum absolute atomic E-state index is 13.3. The number of nitrogens with one attached hydrogen (secondary N) is 2. The van der Waals surface area contributed by atoms with E-state index in [-0.39, 0.29) is 33.9 Å². The summed E-state index contributed by atoms with van der Waals surface area (Å²) >= 11 is 0. The first-order valence-corrected chi connectivity index (χ1v) is 29.3. The smallest absolute Gasteiger partial charge is 0.337 e. The number of amides is 2. The number of carbonyl (C=O) groups is 4. The molecule has 7 rings (SSSR count). The van der Waals surface area contributed by atoms with E-state index in [1.165, 1.54) is 0 Å². The summed E-state index contributed by atoms with van der Waals surface area (Å²) < 4.78 is 193. The second-order valence-corrected chi connectivity index (χ2v) is 24.6. The zero-order valence-electron chi connectivity index (χ0n) is 38.0. The average Bonchev–Trinajstić information content (AvgIpc) is 3.46. The van der Waals surface area contributed by atoms with Crippen LogP contribution in [0.4, 0.5) is 34.1 Å². The summed E-state index contributed by atoms with van der Waals surface area (Å²) in [5.74, 6) is -2.08. The van der Waals surface area contributed by atoms with Crippen LogP contribution in [0.2, 0.25) is 0 Å². The van der Waals surface area contributed by atoms with E-state index in [1.54, 1.807) is 0 Å². The molecule has 29 nitrogen and oxygen atoms in total. The maximum Gasteiger partial charge on any atom is 0.337 e. The summed E-state index contributed by atoms with van der Waals surface area (Å²) in [5, 5.41) is 37.1. The highest BCUT2D eigenvalue weighted by molar-refractivity contribution is 7.95. The lowest BCUT2D eigenvalue weighted by Gasteiger charge is -2.12. The van der Waals surface area contributed by atoms with E-state index in [1.807, 2.05) is 0 Å². The molecule has 1 unspecified atom stereocenters. The number of nitrogens with zero attached hydrogens (tertiary/aromatic N) is 4. The Kier molecular flexibility index (Phi) is 15.1. The summed E-state index contributed by atoms with van der Waals surface area (Å²) in [6, 6.07) is 15.8. The molecule has 406 valence electrons. The quantitative estimate of drug-likeness (QED) is 0.0280. The molecule has 1 atom stereocenters. The molecular formula is C43H30N6O23S6. The lowest BCUT2D eigenvalue weighted by atomic mass is 10.1. The number of carbonyl (C=O) groups excluding carboxylic acids is 2. The van der Waals surface area contributed by atoms with Gasteiger partial charge in [0, 0.05) is 32.7 Å². The fourth-order valence-corrected chi connectivity index (χ4v) is 11.3. The molecule has 7 aromatic rings. The molecule has 0 aliphatic heterocycles. The monoisotopic (exact) mass is 1190 g/mol. The first-order chi connectivity index (χ1) is 35.9. The third-order valence-corrected chi connectivity index (χ3v) is 16.0. The SMILES string of the molecule is C=S(=O)(O)c1cc(S(=O)(=O)O)c2cc(N=Nc3ccc(NC(=O)c4ccc(C(=O)Nc5ccc(N=Nc6cc(S(=O)(=O)O)c7cc(S(=O)(=O)O)cc(S(=O)(=O)O)c7c6)cc5C(=O)O)cc4)c(C(=O)O)c3)cc(S(=O)(=O)O)c2c1. The van der Waals surface area contributed by atoms with Crippen LogP contribution in [0.1, 0.15) is 41.4 Å². The summed E-state index contributed by atoms with van der Waals surface area (Å²) in [6.07, 6.45) is 0. The van der Waals surface area contributed by atoms with E-state index in [4.69, 9.17) is 0 Å². The van der Waals surface area contributed by atoms with Crippen LogP contribution >= 0.6 is 0 Å². The lowest BCUT2D eigenvalue weighted by molar-refractivity contribution is 0.0687. The third kappa shape index (κ3) is 12.7. The van der Waals surface area contributed by atoms with E-state index in [9.17, 15) is 103 Å². The van der Waals surface area contributed by atoms with Crippen molar-refractivity contribution in [1.82, 2.24) is 0 Å². The molecule has 0 fully saturated rings. The minimum absolute atomic E-state index is 0.140. The van der Waals surface area contributed by atoms with Crippen LogP contribution in [-0.2, 0) is 60.4 Å². The van der Waals surface area contributed by atoms with Crippen molar-refractivity contribution in [1.29, 1.82) is 0 Å². The van der Waals surface area contributed by atoms with Gasteiger partial charge in [0.15, 0.2) is 0 Å². The molecule has 0 saturated carbocycles. The molecule has 0 saturated heterocycles. The van der Waals surface area contributed by atoms with Crippen LogP contribution in [0.5, 0.6) is 0 Å². The molecule has 0 aliphatic rings. The van der Waals surface area contributed by atoms with Gasteiger partial charge in [-0.25, -0.2) is 13.8 Å². The third-order valence-electron chi connectivity index (χ3n) is 10.6. The molecule has 0 aromatic heterocycles. The molecule has 0 heterocycles. The molecule has 7 aromatic carbocycles. The van der Waals surface area contributed by atoms with Crippen molar-refractivity contribution < 1.29 is 103 Å². The molecule has 0 radical (unpaired) electrons. The Hall–Kier alpha value is -8.33. The molecule has 0 bridgehead atoms. The van der Waals surface area contributed by atoms with Gasteiger partial charge in [0.25, 0.3) is 62.4 Å². The molecule has 0 spiro atoms. The van der Waals surface area contributed by atoms with E-state index in [2.05, 4.69) is 37.0 Å². The maximum atomic E-state index is 13.3. The van der Waals surface area contributed by atoms with Gasteiger partial charge < -0.3 is 25.4 Å². The van der Waals surface area contributed by atoms with Crippen molar-refractivity contribution in [2.75, 3.05) is 10.6 Å². The van der Waals surface area contributed by atoms with Crippen molar-refractivity contribution >= 4 is 146 Å². The van der Waals surface area contributed by atoms with Gasteiger partial charge in [-0.2, -0.15) is 62.5 Å². The highest BCUT2D eigenvalue weighted by Gasteiger charge is 2.28. The molecule has 2 amide bonds. The van der Waals surface area contributed by atoms with E-state index in [0.717, 1.165) is 78.9 Å². The van der Waals surface area contributed by atoms with Crippen molar-refractivity contribution in [3.05, 3.63) is 131 Å². The number of carboxylic acids is 2. The summed E-state index contributed by atoms with van der Waals surface area (Å²) in [4.78, 5) is 44.7. The van der Waals surface area contributed by atoms with Gasteiger partial charge in [0.2, 0.25) is 0 Å². The largest absolute Gasteiger partial charge is 0.478 e. The Balaban J connectivity index is 1.09. The highest BCUT2D eigenvalue weighted by Crippen LogP contribution is 2.38. The molecule has 10 N–H and O–H groups in total. The number of anilines is 2. The minimum atomic E-state index is -5.36. The Labute approximate surface area is 438 Å². The topological polar surface area (TPSA) is 491 Å². The van der Waals surface area contributed by atoms with Gasteiger partial charge in [-0.1, -0.05) is 0 Å². The molecule has 35 heteroatoms. The number of rotatable bonds is 16. The normalized spacial score (nSPS) is 13.4. The molecular weight excluding hydrogens is 1160 g/mol. The number of hydrogen-bond donors (Lipinski definition) is 10. The van der Waals surface area contributed by atoms with E-state index < -0.39 is 158 Å². The van der Waals surface area contributed by atoms with Crippen molar-refractivity contribution in [3.8, 4) is 0 Å². The second-order valence-electron chi connectivity index (χ2n) is 15.9. The van der Waals surface area contributed by atoms with Crippen LogP contribution in [0, 0.1) is 0 Å². The first-order valence-electron chi connectivity index (χ1n) is 20.4. The van der Waals surface area contributed by atoms with Crippen LogP contribution in [-0.4, -0.2) is 113 Å². The van der Waals surface area contributed by atoms with Crippen molar-refractivity contribution in [2.24, 2.45) is 20.5 Å². The number of benzene rings is 7. The zero-order valence-corrected chi connectivity index (χ0v) is 42.9. The van der Waals surface area contributed by atoms with E-state index in [0.29, 0.717) is 30.3 Å². The standard InChI is InChI=1S/C43H30N6O23S6/c1-73(56,57)26-16-30-28(38(18-26)77(67,68)69)12-24(14-36(30)75(61,62)63)48-46-22-6-8-34(32(10-22)42(52)53)44-40(50)20-2-4-21(5-3-20)41(51)45-35-9-7-23(11-33(35)43(54)55)47-49-25-13-29-31(37(15-25)76(64,65)66)17-27(74(58,59)60)19-39(29)78(70,71)72/h2-19H,1H2,(H,44,50)(H,45,51)(H,52,53)(H,54,55)(H,56,57)(H,58,59,60)(H,61,62,63)(H,64,65,66)(H,67,68,69)(H,70,71,72). The lowest BCUT2D eigenvalue weighted by Crippen LogP contribution is -2.16. The Bertz CT molecular complexity index is 4300. The van der Waals surface area contributed by atoms with Crippen molar-refractivity contribution in [2.45, 2.75) is 29.4 Å². The van der Waals surface area contributed by atoms with Gasteiger partial charge in [0.05, 0.1) is 55.0 Å². The van der Waals surface area contributed by atoms with Gasteiger partial charge in [0.1, 0.15) is 29.4 Å². The number of hydrogen-bond acceptors (Lipinski definition) is 19. The zero-order chi connectivity index (χ0) is 57.8. The minimum Gasteiger partial charge on any atom is -0.478 e. The highest BCUT2D eigenvalue weighted by atomic mass is 32.2. The number of aromatic carboxylic acids is 2. The number of fused-ring (bicyclic) bond motifs is 2. The fraction of sp³-hybridized carbons (Fsp3) is 0. The van der Waals surface area contributed by atoms with Crippen LogP contribution in [0.25, 0.3) is 21.5 Å². The summed E-state index contributed by atoms with van der Waals surface area (Å²) in [5.41, 5.74) is -3.65. The predicted molar refractivity (Wildman–Crippen MR) is 271 cm³/mol. The van der Waals surface area contributed by atoms with Crippen LogP contribution in [0.15, 0.2) is 159 Å². The Morgan fingerprint density at radius 3 is 1.00 bits per heavy atom. The second kappa shape index (κ2) is 20.6. The fourth-order valence-electron chi connectivity index (χ4n) is 7.17. The summed E-state index contributed by atoms with van der Waals surface area (Å²) in [6.45, 7) is 0. The van der Waals surface area contributed by atoms with Crippen LogP contribution < -0.4 is 10.6 Å². The van der Waals surface area contributed by atoms with Crippen LogP contribution in [0.3, 0.4) is 0 Å². The summed E-state index contributed by atoms with van der Waals surface area (Å²) in [7, 11) is -30.6. The van der Waals surface area contributed by atoms with Gasteiger partial charge in [-0.05, 0) is 115 Å². The van der Waals surface area contributed by atoms with Crippen molar-refractivity contribution in [3.63, 3.8) is 0 Å². The number of carboxylic acid groups (broad SMARTS) is 2. The van der Waals surface area contributed by atoms with Gasteiger partial charge >= 0.3 is 11.9 Å². The molecule has 0 aliphatic carbocycles. The van der Waals surface area contributed by atoms with Gasteiger partial charge in [-0.3, -0.25) is 32.4 Å². The Morgan fingerprint density at radius 2 is 0.679 bits per heavy atom. The average molecular weight is 1190 g/mol. The Morgan fingerprint density at radius 1 is 0.372 bits per heavy atom. The first kappa shape index (κ1) is 57.4. The van der Waals surface area contributed by atoms with Gasteiger partial charge in [-0.15, -0.1) is 0 Å². The predicted octanol–water partition coefficient (Wildman–Crippen LogP) is 6.51. The van der Waals surface area contributed by atoms with E-state index >= 15 is 0 Å². The molecule has 78 heavy (non-hydrogen) atoms. The number of azo groups is 2.